The number of nitrogens with zero attached hydrogens (tertiary/aromatic N) is 1. The summed E-state index contributed by atoms with van der Waals surface area (Å²) in [6.45, 7) is 3.74. The zero-order chi connectivity index (χ0) is 15.2. The lowest BCUT2D eigenvalue weighted by Gasteiger charge is -2.22. The van der Waals surface area contributed by atoms with Gasteiger partial charge in [-0.15, -0.1) is 0 Å². The fraction of sp³-hybridized carbons (Fsp3) is 0.533. The van der Waals surface area contributed by atoms with E-state index in [4.69, 9.17) is 0 Å². The topological polar surface area (TPSA) is 84.3 Å². The molecule has 0 saturated carbocycles. The van der Waals surface area contributed by atoms with E-state index in [-0.39, 0.29) is 11.6 Å². The molecule has 0 unspecified atom stereocenters. The van der Waals surface area contributed by atoms with Gasteiger partial charge in [0.1, 0.15) is 0 Å². The second-order valence-electron chi connectivity index (χ2n) is 5.54. The monoisotopic (exact) mass is 291 g/mol. The number of aryl methyl sites for hydroxylation is 1. The van der Waals surface area contributed by atoms with E-state index >= 15 is 0 Å². The molecule has 114 valence electrons. The van der Waals surface area contributed by atoms with Crippen LogP contribution in [0.5, 0.6) is 0 Å². The van der Waals surface area contributed by atoms with Crippen LogP contribution in [0.1, 0.15) is 31.2 Å². The first-order valence-corrected chi connectivity index (χ1v) is 7.32. The number of piperidine rings is 1. The summed E-state index contributed by atoms with van der Waals surface area (Å²) in [5.41, 5.74) is 1.24. The van der Waals surface area contributed by atoms with Crippen molar-refractivity contribution in [1.82, 2.24) is 5.32 Å². The predicted octanol–water partition coefficient (Wildman–Crippen LogP) is 2.62. The molecule has 21 heavy (non-hydrogen) atoms. The van der Waals surface area contributed by atoms with Crippen molar-refractivity contribution in [2.45, 2.75) is 32.6 Å². The molecular formula is C15H21N3O3. The largest absolute Gasteiger partial charge is 0.326 e. The third-order valence-corrected chi connectivity index (χ3v) is 3.92. The molecule has 1 saturated heterocycles. The van der Waals surface area contributed by atoms with Crippen molar-refractivity contribution in [3.05, 3.63) is 33.9 Å². The minimum Gasteiger partial charge on any atom is -0.326 e. The highest BCUT2D eigenvalue weighted by molar-refractivity contribution is 5.90. The summed E-state index contributed by atoms with van der Waals surface area (Å²) >= 11 is 0. The smallest absolute Gasteiger partial charge is 0.272 e. The molecule has 0 bridgehead atoms. The number of nitro groups is 1. The molecule has 0 atom stereocenters. The third kappa shape index (κ3) is 4.53. The van der Waals surface area contributed by atoms with Gasteiger partial charge in [-0.2, -0.15) is 0 Å². The van der Waals surface area contributed by atoms with Crippen LogP contribution in [-0.2, 0) is 4.79 Å². The second-order valence-corrected chi connectivity index (χ2v) is 5.54. The molecule has 1 amide bonds. The molecule has 0 aromatic heterocycles. The highest BCUT2D eigenvalue weighted by atomic mass is 16.6. The van der Waals surface area contributed by atoms with E-state index in [1.807, 2.05) is 0 Å². The number of amides is 1. The average Bonchev–Trinajstić information content (AvgIpc) is 2.46. The number of rotatable bonds is 5. The Kier molecular flexibility index (Phi) is 5.27. The fourth-order valence-electron chi connectivity index (χ4n) is 2.67. The number of hydrogen-bond donors (Lipinski definition) is 2. The van der Waals surface area contributed by atoms with Crippen LogP contribution < -0.4 is 10.6 Å². The van der Waals surface area contributed by atoms with Gasteiger partial charge in [0.15, 0.2) is 0 Å². The summed E-state index contributed by atoms with van der Waals surface area (Å²) in [7, 11) is 0. The van der Waals surface area contributed by atoms with Crippen LogP contribution in [0.15, 0.2) is 18.2 Å². The maximum atomic E-state index is 11.9. The number of nitro benzene ring substituents is 1. The summed E-state index contributed by atoms with van der Waals surface area (Å²) in [6.07, 6.45) is 3.66. The Hall–Kier alpha value is -1.95. The Labute approximate surface area is 124 Å². The first kappa shape index (κ1) is 15.4. The highest BCUT2D eigenvalue weighted by Crippen LogP contribution is 2.22. The van der Waals surface area contributed by atoms with Crippen LogP contribution >= 0.6 is 0 Å². The summed E-state index contributed by atoms with van der Waals surface area (Å²) in [6, 6.07) is 4.64. The van der Waals surface area contributed by atoms with Gasteiger partial charge in [0, 0.05) is 23.7 Å². The summed E-state index contributed by atoms with van der Waals surface area (Å²) in [5.74, 6) is 0.595. The van der Waals surface area contributed by atoms with E-state index < -0.39 is 4.92 Å². The van der Waals surface area contributed by atoms with Crippen LogP contribution in [0.25, 0.3) is 0 Å². The molecule has 0 spiro atoms. The van der Waals surface area contributed by atoms with Crippen molar-refractivity contribution in [1.29, 1.82) is 0 Å². The zero-order valence-electron chi connectivity index (χ0n) is 12.2. The molecule has 2 rings (SSSR count). The van der Waals surface area contributed by atoms with Gasteiger partial charge in [0.25, 0.3) is 5.69 Å². The van der Waals surface area contributed by atoms with Crippen LogP contribution in [0.3, 0.4) is 0 Å². The third-order valence-electron chi connectivity index (χ3n) is 3.92. The van der Waals surface area contributed by atoms with Crippen molar-refractivity contribution in [2.24, 2.45) is 5.92 Å². The van der Waals surface area contributed by atoms with Crippen molar-refractivity contribution in [2.75, 3.05) is 18.4 Å². The van der Waals surface area contributed by atoms with E-state index in [0.717, 1.165) is 32.4 Å². The molecule has 1 aromatic carbocycles. The molecule has 6 nitrogen and oxygen atoms in total. The van der Waals surface area contributed by atoms with Crippen LogP contribution in [-0.4, -0.2) is 23.9 Å². The predicted molar refractivity (Wildman–Crippen MR) is 81.3 cm³/mol. The first-order valence-electron chi connectivity index (χ1n) is 7.32. The molecule has 1 aromatic rings. The number of nitrogens with one attached hydrogen (secondary N) is 2. The SMILES string of the molecule is Cc1cc(NC(=O)CCC2CCNCC2)ccc1[N+](=O)[O-]. The van der Waals surface area contributed by atoms with E-state index in [2.05, 4.69) is 10.6 Å². The van der Waals surface area contributed by atoms with Gasteiger partial charge in [-0.05, 0) is 57.3 Å². The number of carbonyl (C=O) groups is 1. The molecule has 1 aliphatic heterocycles. The number of benzene rings is 1. The van der Waals surface area contributed by atoms with Gasteiger partial charge in [-0.1, -0.05) is 0 Å². The lowest BCUT2D eigenvalue weighted by atomic mass is 9.93. The Morgan fingerprint density at radius 2 is 2.14 bits per heavy atom. The molecule has 0 aliphatic carbocycles. The van der Waals surface area contributed by atoms with Crippen LogP contribution in [0, 0.1) is 23.0 Å². The molecule has 0 radical (unpaired) electrons. The summed E-state index contributed by atoms with van der Waals surface area (Å²) in [5, 5.41) is 16.9. The summed E-state index contributed by atoms with van der Waals surface area (Å²) in [4.78, 5) is 22.3. The van der Waals surface area contributed by atoms with Crippen molar-refractivity contribution < 1.29 is 9.72 Å². The lowest BCUT2D eigenvalue weighted by molar-refractivity contribution is -0.385. The Morgan fingerprint density at radius 3 is 2.76 bits per heavy atom. The number of hydrogen-bond acceptors (Lipinski definition) is 4. The van der Waals surface area contributed by atoms with Crippen LogP contribution in [0.4, 0.5) is 11.4 Å². The van der Waals surface area contributed by atoms with Gasteiger partial charge in [0.05, 0.1) is 4.92 Å². The number of anilines is 1. The number of carbonyl (C=O) groups excluding carboxylic acids is 1. The van der Waals surface area contributed by atoms with Crippen molar-refractivity contribution >= 4 is 17.3 Å². The van der Waals surface area contributed by atoms with E-state index in [1.54, 1.807) is 19.1 Å². The van der Waals surface area contributed by atoms with Crippen LogP contribution in [0.2, 0.25) is 0 Å². The van der Waals surface area contributed by atoms with E-state index in [0.29, 0.717) is 23.6 Å². The molecular weight excluding hydrogens is 270 g/mol. The Bertz CT molecular complexity index is 525. The quantitative estimate of drug-likeness (QED) is 0.645. The first-order chi connectivity index (χ1) is 10.1. The molecule has 6 heteroatoms. The maximum absolute atomic E-state index is 11.9. The van der Waals surface area contributed by atoms with Crippen molar-refractivity contribution in [3.8, 4) is 0 Å². The Balaban J connectivity index is 1.84. The maximum Gasteiger partial charge on any atom is 0.272 e. The Morgan fingerprint density at radius 1 is 1.43 bits per heavy atom. The molecule has 1 aliphatic rings. The standard InChI is InChI=1S/C15H21N3O3/c1-11-10-13(3-4-14(11)18(20)21)17-15(19)5-2-12-6-8-16-9-7-12/h3-4,10,12,16H,2,5-9H2,1H3,(H,17,19). The molecule has 1 fully saturated rings. The normalized spacial score (nSPS) is 15.7. The highest BCUT2D eigenvalue weighted by Gasteiger charge is 2.15. The minimum atomic E-state index is -0.419. The zero-order valence-corrected chi connectivity index (χ0v) is 12.2. The van der Waals surface area contributed by atoms with Gasteiger partial charge >= 0.3 is 0 Å². The lowest BCUT2D eigenvalue weighted by Crippen LogP contribution is -2.28. The molecule has 2 N–H and O–H groups in total. The van der Waals surface area contributed by atoms with E-state index in [1.165, 1.54) is 6.07 Å². The van der Waals surface area contributed by atoms with Gasteiger partial charge in [-0.3, -0.25) is 14.9 Å². The summed E-state index contributed by atoms with van der Waals surface area (Å²) < 4.78 is 0. The second kappa shape index (κ2) is 7.17. The van der Waals surface area contributed by atoms with Gasteiger partial charge in [0.2, 0.25) is 5.91 Å². The van der Waals surface area contributed by atoms with E-state index in [9.17, 15) is 14.9 Å². The minimum absolute atomic E-state index is 0.0261. The molecule has 1 heterocycles. The van der Waals surface area contributed by atoms with Crippen molar-refractivity contribution in [3.63, 3.8) is 0 Å². The fourth-order valence-corrected chi connectivity index (χ4v) is 2.67. The van der Waals surface area contributed by atoms with Gasteiger partial charge < -0.3 is 10.6 Å². The average molecular weight is 291 g/mol. The van der Waals surface area contributed by atoms with Gasteiger partial charge in [-0.25, -0.2) is 0 Å².